The summed E-state index contributed by atoms with van der Waals surface area (Å²) in [6, 6.07) is 1.80. The average molecular weight is 268 g/mol. The van der Waals surface area contributed by atoms with Gasteiger partial charge in [0.15, 0.2) is 5.69 Å². The van der Waals surface area contributed by atoms with Crippen LogP contribution in [0.4, 0.5) is 22.0 Å². The molecule has 0 aliphatic heterocycles. The largest absolute Gasteiger partial charge is 0.573 e. The quantitative estimate of drug-likeness (QED) is 0.791. The standard InChI is InChI=1S/C9H5F5N2O2/c1-17-6-2-5(18-9(12,13)14)7(8(10)11)4(3-15)16-6/h2,8H,1H3. The maximum Gasteiger partial charge on any atom is 0.573 e. The molecular formula is C9H5F5N2O2. The van der Waals surface area contributed by atoms with Crippen molar-refractivity contribution in [1.82, 2.24) is 4.98 Å². The second kappa shape index (κ2) is 5.03. The number of pyridine rings is 1. The Labute approximate surface area is 97.6 Å². The van der Waals surface area contributed by atoms with E-state index < -0.39 is 35.7 Å². The molecule has 4 nitrogen and oxygen atoms in total. The van der Waals surface area contributed by atoms with Gasteiger partial charge in [-0.3, -0.25) is 0 Å². The first-order chi connectivity index (χ1) is 8.28. The molecule has 0 unspecified atom stereocenters. The van der Waals surface area contributed by atoms with Crippen molar-refractivity contribution in [3.63, 3.8) is 0 Å². The number of aromatic nitrogens is 1. The molecule has 1 rings (SSSR count). The normalized spacial score (nSPS) is 11.2. The van der Waals surface area contributed by atoms with E-state index in [1.807, 2.05) is 0 Å². The van der Waals surface area contributed by atoms with Crippen LogP contribution in [0.25, 0.3) is 0 Å². The van der Waals surface area contributed by atoms with Gasteiger partial charge < -0.3 is 9.47 Å². The number of methoxy groups -OCH3 is 1. The minimum absolute atomic E-state index is 0.435. The number of alkyl halides is 5. The Morgan fingerprint density at radius 3 is 2.39 bits per heavy atom. The number of halogens is 5. The molecule has 0 spiro atoms. The third-order valence-corrected chi connectivity index (χ3v) is 1.76. The molecule has 0 fully saturated rings. The first-order valence-electron chi connectivity index (χ1n) is 4.31. The molecule has 0 N–H and O–H groups in total. The maximum absolute atomic E-state index is 12.6. The van der Waals surface area contributed by atoms with E-state index in [4.69, 9.17) is 5.26 Å². The second-order valence-electron chi connectivity index (χ2n) is 2.89. The molecule has 1 heterocycles. The predicted molar refractivity (Wildman–Crippen MR) is 47.1 cm³/mol. The van der Waals surface area contributed by atoms with Crippen LogP contribution in [0.2, 0.25) is 0 Å². The van der Waals surface area contributed by atoms with Gasteiger partial charge in [0.2, 0.25) is 5.88 Å². The molecule has 0 aromatic carbocycles. The van der Waals surface area contributed by atoms with Gasteiger partial charge in [-0.15, -0.1) is 13.2 Å². The zero-order chi connectivity index (χ0) is 13.9. The van der Waals surface area contributed by atoms with Gasteiger partial charge in [0.05, 0.1) is 12.7 Å². The van der Waals surface area contributed by atoms with Crippen LogP contribution in [0.15, 0.2) is 6.07 Å². The minimum Gasteiger partial charge on any atom is -0.481 e. The van der Waals surface area contributed by atoms with Crippen molar-refractivity contribution >= 4 is 0 Å². The first-order valence-corrected chi connectivity index (χ1v) is 4.31. The van der Waals surface area contributed by atoms with E-state index in [9.17, 15) is 22.0 Å². The second-order valence-corrected chi connectivity index (χ2v) is 2.89. The van der Waals surface area contributed by atoms with E-state index in [-0.39, 0.29) is 0 Å². The summed E-state index contributed by atoms with van der Waals surface area (Å²) in [5.41, 5.74) is -2.11. The number of hydrogen-bond acceptors (Lipinski definition) is 4. The van der Waals surface area contributed by atoms with Crippen molar-refractivity contribution in [2.45, 2.75) is 12.8 Å². The fourth-order valence-corrected chi connectivity index (χ4v) is 1.12. The Balaban J connectivity index is 3.41. The van der Waals surface area contributed by atoms with Gasteiger partial charge in [-0.25, -0.2) is 13.8 Å². The van der Waals surface area contributed by atoms with Gasteiger partial charge in [-0.05, 0) is 0 Å². The minimum atomic E-state index is -5.16. The Hall–Kier alpha value is -2.11. The molecule has 98 valence electrons. The highest BCUT2D eigenvalue weighted by atomic mass is 19.4. The molecule has 9 heteroatoms. The molecule has 0 saturated carbocycles. The lowest BCUT2D eigenvalue weighted by Gasteiger charge is -2.14. The summed E-state index contributed by atoms with van der Waals surface area (Å²) >= 11 is 0. The summed E-state index contributed by atoms with van der Waals surface area (Å²) in [7, 11) is 1.06. The smallest absolute Gasteiger partial charge is 0.481 e. The number of ether oxygens (including phenoxy) is 2. The van der Waals surface area contributed by atoms with E-state index in [2.05, 4.69) is 14.5 Å². The van der Waals surface area contributed by atoms with Crippen molar-refractivity contribution in [2.24, 2.45) is 0 Å². The molecular weight excluding hydrogens is 263 g/mol. The van der Waals surface area contributed by atoms with Crippen LogP contribution in [-0.4, -0.2) is 18.5 Å². The van der Waals surface area contributed by atoms with Crippen LogP contribution in [0, 0.1) is 11.3 Å². The highest BCUT2D eigenvalue weighted by Gasteiger charge is 2.35. The zero-order valence-corrected chi connectivity index (χ0v) is 8.76. The Bertz CT molecular complexity index is 481. The van der Waals surface area contributed by atoms with Crippen molar-refractivity contribution in [2.75, 3.05) is 7.11 Å². The third kappa shape index (κ3) is 3.19. The van der Waals surface area contributed by atoms with E-state index in [0.29, 0.717) is 6.07 Å². The molecule has 0 radical (unpaired) electrons. The highest BCUT2D eigenvalue weighted by Crippen LogP contribution is 2.36. The summed E-state index contributed by atoms with van der Waals surface area (Å²) in [6.07, 6.45) is -8.50. The molecule has 0 atom stereocenters. The molecule has 1 aromatic heterocycles. The summed E-state index contributed by atoms with van der Waals surface area (Å²) in [5, 5.41) is 8.57. The molecule has 1 aromatic rings. The predicted octanol–water partition coefficient (Wildman–Crippen LogP) is 2.80. The molecule has 18 heavy (non-hydrogen) atoms. The van der Waals surface area contributed by atoms with Crippen LogP contribution in [0.1, 0.15) is 17.7 Å². The van der Waals surface area contributed by atoms with E-state index in [1.165, 1.54) is 6.07 Å². The van der Waals surface area contributed by atoms with Crippen LogP contribution in [0.3, 0.4) is 0 Å². The average Bonchev–Trinajstić information content (AvgIpc) is 2.25. The summed E-state index contributed by atoms with van der Waals surface area (Å²) < 4.78 is 69.3. The summed E-state index contributed by atoms with van der Waals surface area (Å²) in [6.45, 7) is 0. The number of nitriles is 1. The Morgan fingerprint density at radius 2 is 2.00 bits per heavy atom. The lowest BCUT2D eigenvalue weighted by atomic mass is 10.2. The SMILES string of the molecule is COc1cc(OC(F)(F)F)c(C(F)F)c(C#N)n1. The maximum atomic E-state index is 12.6. The summed E-state index contributed by atoms with van der Waals surface area (Å²) in [4.78, 5) is 3.31. The van der Waals surface area contributed by atoms with Crippen LogP contribution in [0.5, 0.6) is 11.6 Å². The highest BCUT2D eigenvalue weighted by molar-refractivity contribution is 5.46. The van der Waals surface area contributed by atoms with Crippen LogP contribution < -0.4 is 9.47 Å². The van der Waals surface area contributed by atoms with Crippen LogP contribution in [-0.2, 0) is 0 Å². The molecule has 0 amide bonds. The molecule has 0 bridgehead atoms. The number of nitrogens with zero attached hydrogens (tertiary/aromatic N) is 2. The van der Waals surface area contributed by atoms with Gasteiger partial charge in [0, 0.05) is 6.07 Å². The first kappa shape index (κ1) is 14.0. The van der Waals surface area contributed by atoms with Gasteiger partial charge >= 0.3 is 6.36 Å². The monoisotopic (exact) mass is 268 g/mol. The third-order valence-electron chi connectivity index (χ3n) is 1.76. The fraction of sp³-hybridized carbons (Fsp3) is 0.333. The lowest BCUT2D eigenvalue weighted by molar-refractivity contribution is -0.275. The van der Waals surface area contributed by atoms with Gasteiger partial charge in [-0.2, -0.15) is 5.26 Å². The topological polar surface area (TPSA) is 55.1 Å². The number of hydrogen-bond donors (Lipinski definition) is 0. The van der Waals surface area contributed by atoms with Crippen molar-refractivity contribution < 1.29 is 31.4 Å². The summed E-state index contributed by atoms with van der Waals surface area (Å²) in [5.74, 6) is -1.64. The Kier molecular flexibility index (Phi) is 3.90. The van der Waals surface area contributed by atoms with Crippen molar-refractivity contribution in [3.8, 4) is 17.7 Å². The molecule has 0 saturated heterocycles. The molecule has 0 aliphatic carbocycles. The zero-order valence-electron chi connectivity index (χ0n) is 8.76. The van der Waals surface area contributed by atoms with Crippen molar-refractivity contribution in [1.29, 1.82) is 5.26 Å². The van der Waals surface area contributed by atoms with Crippen LogP contribution >= 0.6 is 0 Å². The fourth-order valence-electron chi connectivity index (χ4n) is 1.12. The Morgan fingerprint density at radius 1 is 1.39 bits per heavy atom. The van der Waals surface area contributed by atoms with Crippen molar-refractivity contribution in [3.05, 3.63) is 17.3 Å². The van der Waals surface area contributed by atoms with E-state index in [1.54, 1.807) is 0 Å². The van der Waals surface area contributed by atoms with E-state index >= 15 is 0 Å². The number of rotatable bonds is 3. The molecule has 0 aliphatic rings. The van der Waals surface area contributed by atoms with Gasteiger partial charge in [0.25, 0.3) is 6.43 Å². The van der Waals surface area contributed by atoms with E-state index in [0.717, 1.165) is 7.11 Å². The van der Waals surface area contributed by atoms with Gasteiger partial charge in [-0.1, -0.05) is 0 Å². The lowest BCUT2D eigenvalue weighted by Crippen LogP contribution is -2.19. The van der Waals surface area contributed by atoms with Gasteiger partial charge in [0.1, 0.15) is 11.8 Å².